The van der Waals surface area contributed by atoms with Crippen molar-refractivity contribution in [1.29, 1.82) is 0 Å². The number of aromatic amines is 1. The Morgan fingerprint density at radius 3 is 2.96 bits per heavy atom. The maximum Gasteiger partial charge on any atom is 0.223 e. The molecule has 3 fully saturated rings. The average Bonchev–Trinajstić information content (AvgIpc) is 2.92. The molecule has 2 atom stereocenters. The minimum absolute atomic E-state index is 0.287. The third kappa shape index (κ3) is 4.22. The molecule has 0 radical (unpaired) electrons. The number of imidazole rings is 1. The van der Waals surface area contributed by atoms with Gasteiger partial charge in [0, 0.05) is 44.3 Å². The Morgan fingerprint density at radius 2 is 2.18 bits per heavy atom. The highest BCUT2D eigenvalue weighted by atomic mass is 16.5. The molecule has 6 heteroatoms. The number of H-pyrrole nitrogens is 1. The molecule has 2 bridgehead atoms. The van der Waals surface area contributed by atoms with Crippen LogP contribution in [-0.2, 0) is 17.8 Å². The number of aryl methyl sites for hydroxylation is 2. The third-order valence-corrected chi connectivity index (χ3v) is 6.18. The van der Waals surface area contributed by atoms with Crippen molar-refractivity contribution in [1.82, 2.24) is 19.8 Å². The quantitative estimate of drug-likeness (QED) is 0.835. The fraction of sp³-hybridized carbons (Fsp3) is 0.545. The number of aromatic nitrogens is 2. The number of benzene rings is 1. The number of methoxy groups -OCH3 is 1. The summed E-state index contributed by atoms with van der Waals surface area (Å²) in [6.45, 7) is 5.85. The SMILES string of the molecule is COc1cccc(CCC(=O)N2C[C@@H]3CC[C@H]2CN(Cc2nc[nH]c2C)C3)c1. The Morgan fingerprint density at radius 1 is 1.29 bits per heavy atom. The Bertz CT molecular complexity index is 818. The van der Waals surface area contributed by atoms with Gasteiger partial charge in [-0.25, -0.2) is 4.98 Å². The smallest absolute Gasteiger partial charge is 0.223 e. The molecule has 1 amide bonds. The maximum atomic E-state index is 13.0. The largest absolute Gasteiger partial charge is 0.497 e. The molecule has 28 heavy (non-hydrogen) atoms. The number of carbonyl (C=O) groups excluding carboxylic acids is 1. The second kappa shape index (κ2) is 8.35. The number of rotatable bonds is 6. The van der Waals surface area contributed by atoms with Crippen LogP contribution in [0.5, 0.6) is 5.75 Å². The molecule has 0 aliphatic carbocycles. The minimum Gasteiger partial charge on any atom is -0.497 e. The van der Waals surface area contributed by atoms with E-state index >= 15 is 0 Å². The fourth-order valence-corrected chi connectivity index (χ4v) is 4.59. The summed E-state index contributed by atoms with van der Waals surface area (Å²) in [5.41, 5.74) is 3.42. The first-order chi connectivity index (χ1) is 13.6. The first kappa shape index (κ1) is 19.0. The summed E-state index contributed by atoms with van der Waals surface area (Å²) in [6.07, 6.45) is 5.44. The van der Waals surface area contributed by atoms with Crippen LogP contribution in [0.4, 0.5) is 0 Å². The zero-order chi connectivity index (χ0) is 19.5. The van der Waals surface area contributed by atoms with Crippen LogP contribution in [0.25, 0.3) is 0 Å². The highest BCUT2D eigenvalue weighted by molar-refractivity contribution is 5.77. The first-order valence-corrected chi connectivity index (χ1v) is 10.3. The summed E-state index contributed by atoms with van der Waals surface area (Å²) in [5, 5.41) is 0. The van der Waals surface area contributed by atoms with E-state index < -0.39 is 0 Å². The van der Waals surface area contributed by atoms with Gasteiger partial charge in [-0.05, 0) is 49.8 Å². The van der Waals surface area contributed by atoms with Crippen molar-refractivity contribution in [3.8, 4) is 5.75 Å². The van der Waals surface area contributed by atoms with Crippen LogP contribution in [0.2, 0.25) is 0 Å². The van der Waals surface area contributed by atoms with E-state index in [9.17, 15) is 4.79 Å². The summed E-state index contributed by atoms with van der Waals surface area (Å²) in [7, 11) is 1.68. The van der Waals surface area contributed by atoms with Crippen molar-refractivity contribution in [3.05, 3.63) is 47.5 Å². The number of nitrogens with zero attached hydrogens (tertiary/aromatic N) is 3. The first-order valence-electron chi connectivity index (χ1n) is 10.3. The van der Waals surface area contributed by atoms with Gasteiger partial charge in [-0.2, -0.15) is 0 Å². The van der Waals surface area contributed by atoms with Crippen molar-refractivity contribution < 1.29 is 9.53 Å². The van der Waals surface area contributed by atoms with Crippen LogP contribution in [0.15, 0.2) is 30.6 Å². The minimum atomic E-state index is 0.287. The van der Waals surface area contributed by atoms with Crippen LogP contribution in [0.1, 0.15) is 36.2 Å². The number of fused-ring (bicyclic) bond motifs is 4. The molecule has 5 rings (SSSR count). The molecule has 2 aromatic rings. The number of ether oxygens (including phenoxy) is 1. The van der Waals surface area contributed by atoms with Crippen LogP contribution in [0.3, 0.4) is 0 Å². The second-order valence-corrected chi connectivity index (χ2v) is 8.16. The number of hydrogen-bond acceptors (Lipinski definition) is 4. The van der Waals surface area contributed by atoms with Crippen molar-refractivity contribution >= 4 is 5.91 Å². The van der Waals surface area contributed by atoms with E-state index in [2.05, 4.69) is 32.8 Å². The summed E-state index contributed by atoms with van der Waals surface area (Å²) in [5.74, 6) is 1.71. The van der Waals surface area contributed by atoms with E-state index in [1.54, 1.807) is 13.4 Å². The normalized spacial score (nSPS) is 22.3. The van der Waals surface area contributed by atoms with Gasteiger partial charge in [-0.15, -0.1) is 0 Å². The summed E-state index contributed by atoms with van der Waals surface area (Å²) in [6, 6.07) is 8.35. The molecule has 150 valence electrons. The molecule has 3 saturated heterocycles. The van der Waals surface area contributed by atoms with E-state index in [0.717, 1.165) is 61.7 Å². The van der Waals surface area contributed by atoms with Gasteiger partial charge in [0.2, 0.25) is 5.91 Å². The monoisotopic (exact) mass is 382 g/mol. The lowest BCUT2D eigenvalue weighted by Gasteiger charge is -2.36. The van der Waals surface area contributed by atoms with Crippen LogP contribution >= 0.6 is 0 Å². The highest BCUT2D eigenvalue weighted by Crippen LogP contribution is 2.29. The molecule has 1 aromatic heterocycles. The van der Waals surface area contributed by atoms with E-state index in [4.69, 9.17) is 4.74 Å². The van der Waals surface area contributed by atoms with Gasteiger partial charge in [-0.1, -0.05) is 12.1 Å². The zero-order valence-electron chi connectivity index (χ0n) is 16.9. The standard InChI is InChI=1S/C22H30N4O2/c1-16-21(24-15-23-16)14-25-11-18-6-8-19(13-25)26(12-18)22(27)9-7-17-4-3-5-20(10-17)28-2/h3-5,10,15,18-19H,6-9,11-14H2,1-2H3,(H,23,24)/t18-,19+/m1/s1. The molecule has 3 aliphatic heterocycles. The maximum absolute atomic E-state index is 13.0. The van der Waals surface area contributed by atoms with Crippen molar-refractivity contribution in [3.63, 3.8) is 0 Å². The second-order valence-electron chi connectivity index (χ2n) is 8.16. The number of carbonyl (C=O) groups is 1. The highest BCUT2D eigenvalue weighted by Gasteiger charge is 2.37. The van der Waals surface area contributed by atoms with E-state index in [0.29, 0.717) is 18.4 Å². The Balaban J connectivity index is 1.37. The molecule has 0 unspecified atom stereocenters. The Hall–Kier alpha value is -2.34. The molecule has 3 aliphatic rings. The molecular formula is C22H30N4O2. The van der Waals surface area contributed by atoms with Crippen LogP contribution in [0, 0.1) is 12.8 Å². The van der Waals surface area contributed by atoms with Gasteiger partial charge in [0.15, 0.2) is 0 Å². The van der Waals surface area contributed by atoms with Crippen molar-refractivity contribution in [2.24, 2.45) is 5.92 Å². The van der Waals surface area contributed by atoms with E-state index in [1.165, 1.54) is 6.42 Å². The number of hydrogen-bond donors (Lipinski definition) is 1. The number of amides is 1. The van der Waals surface area contributed by atoms with Gasteiger partial charge in [0.05, 0.1) is 19.1 Å². The lowest BCUT2D eigenvalue weighted by atomic mass is 9.94. The molecule has 6 nitrogen and oxygen atoms in total. The zero-order valence-corrected chi connectivity index (χ0v) is 16.9. The van der Waals surface area contributed by atoms with Gasteiger partial charge in [0.1, 0.15) is 5.75 Å². The molecule has 0 saturated carbocycles. The summed E-state index contributed by atoms with van der Waals surface area (Å²) >= 11 is 0. The van der Waals surface area contributed by atoms with Crippen molar-refractivity contribution in [2.75, 3.05) is 26.7 Å². The number of nitrogens with one attached hydrogen (secondary N) is 1. The molecule has 1 N–H and O–H groups in total. The molecule has 1 aromatic carbocycles. The van der Waals surface area contributed by atoms with Crippen molar-refractivity contribution in [2.45, 2.75) is 45.2 Å². The Labute approximate surface area is 166 Å². The average molecular weight is 383 g/mol. The van der Waals surface area contributed by atoms with E-state index in [-0.39, 0.29) is 5.91 Å². The predicted molar refractivity (Wildman–Crippen MR) is 108 cm³/mol. The Kier molecular flexibility index (Phi) is 5.67. The summed E-state index contributed by atoms with van der Waals surface area (Å²) in [4.78, 5) is 25.3. The van der Waals surface area contributed by atoms with Gasteiger partial charge < -0.3 is 14.6 Å². The fourth-order valence-electron chi connectivity index (χ4n) is 4.59. The number of piperidine rings is 1. The van der Waals surface area contributed by atoms with Gasteiger partial charge >= 0.3 is 0 Å². The summed E-state index contributed by atoms with van der Waals surface area (Å²) < 4.78 is 5.29. The van der Waals surface area contributed by atoms with Gasteiger partial charge in [-0.3, -0.25) is 9.69 Å². The van der Waals surface area contributed by atoms with Crippen LogP contribution < -0.4 is 4.74 Å². The topological polar surface area (TPSA) is 61.5 Å². The van der Waals surface area contributed by atoms with E-state index in [1.807, 2.05) is 18.2 Å². The third-order valence-electron chi connectivity index (χ3n) is 6.18. The lowest BCUT2D eigenvalue weighted by Crippen LogP contribution is -2.47. The molecule has 0 spiro atoms. The molecule has 4 heterocycles. The molecular weight excluding hydrogens is 352 g/mol. The van der Waals surface area contributed by atoms with Gasteiger partial charge in [0.25, 0.3) is 0 Å². The predicted octanol–water partition coefficient (Wildman–Crippen LogP) is 2.78. The van der Waals surface area contributed by atoms with Crippen LogP contribution in [-0.4, -0.2) is 58.5 Å². The lowest BCUT2D eigenvalue weighted by molar-refractivity contribution is -0.135.